The third-order valence-corrected chi connectivity index (χ3v) is 1.48. The third-order valence-electron chi connectivity index (χ3n) is 1.48. The van der Waals surface area contributed by atoms with E-state index in [1.165, 1.54) is 0 Å². The van der Waals surface area contributed by atoms with Crippen molar-refractivity contribution in [3.05, 3.63) is 12.2 Å². The number of hydrogen-bond donors (Lipinski definition) is 2. The van der Waals surface area contributed by atoms with Crippen LogP contribution in [0.15, 0.2) is 12.2 Å². The van der Waals surface area contributed by atoms with Crippen LogP contribution >= 0.6 is 0 Å². The Morgan fingerprint density at radius 3 is 2.11 bits per heavy atom. The van der Waals surface area contributed by atoms with E-state index in [1.54, 1.807) is 12.2 Å². The van der Waals surface area contributed by atoms with Crippen molar-refractivity contribution in [3.63, 3.8) is 0 Å². The first-order valence-electron chi connectivity index (χ1n) is 2.76. The molecule has 0 aromatic carbocycles. The Morgan fingerprint density at radius 2 is 1.89 bits per heavy atom. The van der Waals surface area contributed by atoms with E-state index < -0.39 is 11.6 Å². The van der Waals surface area contributed by atoms with Gasteiger partial charge in [-0.15, -0.1) is 0 Å². The maximum absolute atomic E-state index is 10.2. The first-order valence-corrected chi connectivity index (χ1v) is 2.76. The van der Waals surface area contributed by atoms with Crippen LogP contribution in [0, 0.1) is 0 Å². The molecule has 0 spiro atoms. The number of rotatable bonds is 1. The van der Waals surface area contributed by atoms with Gasteiger partial charge in [-0.1, -0.05) is 12.2 Å². The normalized spacial score (nSPS) is 22.3. The number of carboxylic acids is 1. The van der Waals surface area contributed by atoms with Gasteiger partial charge in [0.1, 0.15) is 0 Å². The van der Waals surface area contributed by atoms with Crippen LogP contribution in [0.2, 0.25) is 0 Å². The molecule has 50 valence electrons. The van der Waals surface area contributed by atoms with E-state index in [1.807, 2.05) is 0 Å². The van der Waals surface area contributed by atoms with Gasteiger partial charge in [-0.3, -0.25) is 0 Å². The van der Waals surface area contributed by atoms with Crippen LogP contribution in [0.25, 0.3) is 0 Å². The quantitative estimate of drug-likeness (QED) is 0.494. The molecule has 0 saturated carbocycles. The molecule has 0 aromatic rings. The van der Waals surface area contributed by atoms with Gasteiger partial charge in [0.05, 0.1) is 0 Å². The lowest BCUT2D eigenvalue weighted by Crippen LogP contribution is -2.35. The Morgan fingerprint density at radius 1 is 1.44 bits per heavy atom. The Bertz CT molecular complexity index is 152. The summed E-state index contributed by atoms with van der Waals surface area (Å²) in [6.45, 7) is 0. The molecule has 0 saturated heterocycles. The van der Waals surface area contributed by atoms with Gasteiger partial charge in [-0.05, 0) is 0 Å². The lowest BCUT2D eigenvalue weighted by Gasteiger charge is -2.14. The van der Waals surface area contributed by atoms with E-state index in [9.17, 15) is 4.79 Å². The average molecular weight is 128 g/mol. The average Bonchev–Trinajstić information content (AvgIpc) is 2.16. The summed E-state index contributed by atoms with van der Waals surface area (Å²) in [5.74, 6) is -1.13. The van der Waals surface area contributed by atoms with Crippen molar-refractivity contribution in [2.75, 3.05) is 0 Å². The van der Waals surface area contributed by atoms with Gasteiger partial charge < -0.3 is 10.2 Å². The van der Waals surface area contributed by atoms with E-state index in [-0.39, 0.29) is 12.8 Å². The standard InChI is InChI=1S/C6H8O3/c7-5(8)6(9)3-1-2-4-6/h1-2,9H,3-4H2,(H,7,8). The Balaban J connectivity index is 2.66. The molecule has 9 heavy (non-hydrogen) atoms. The number of aliphatic carboxylic acids is 1. The molecule has 0 radical (unpaired) electrons. The minimum atomic E-state index is -1.50. The molecular formula is C6H8O3. The summed E-state index contributed by atoms with van der Waals surface area (Å²) >= 11 is 0. The van der Waals surface area contributed by atoms with Crippen LogP contribution < -0.4 is 0 Å². The molecule has 0 atom stereocenters. The molecule has 0 amide bonds. The molecule has 1 rings (SSSR count). The van der Waals surface area contributed by atoms with Crippen LogP contribution in [-0.4, -0.2) is 21.8 Å². The number of hydrogen-bond acceptors (Lipinski definition) is 2. The molecule has 0 aromatic heterocycles. The fourth-order valence-electron chi connectivity index (χ4n) is 0.815. The third kappa shape index (κ3) is 0.954. The van der Waals surface area contributed by atoms with Crippen LogP contribution in [0.4, 0.5) is 0 Å². The van der Waals surface area contributed by atoms with Crippen molar-refractivity contribution in [1.82, 2.24) is 0 Å². The van der Waals surface area contributed by atoms with Crippen molar-refractivity contribution in [2.24, 2.45) is 0 Å². The topological polar surface area (TPSA) is 57.5 Å². The van der Waals surface area contributed by atoms with Crippen LogP contribution in [0.5, 0.6) is 0 Å². The van der Waals surface area contributed by atoms with Gasteiger partial charge >= 0.3 is 5.97 Å². The first-order chi connectivity index (χ1) is 4.15. The van der Waals surface area contributed by atoms with Gasteiger partial charge in [0.2, 0.25) is 0 Å². The van der Waals surface area contributed by atoms with Crippen LogP contribution in [0.3, 0.4) is 0 Å². The lowest BCUT2D eigenvalue weighted by molar-refractivity contribution is -0.157. The van der Waals surface area contributed by atoms with Crippen molar-refractivity contribution >= 4 is 5.97 Å². The zero-order valence-corrected chi connectivity index (χ0v) is 4.87. The summed E-state index contributed by atoms with van der Waals surface area (Å²) in [6, 6.07) is 0. The second-order valence-electron chi connectivity index (χ2n) is 2.22. The summed E-state index contributed by atoms with van der Waals surface area (Å²) in [5, 5.41) is 17.5. The predicted molar refractivity (Wildman–Crippen MR) is 31.0 cm³/mol. The molecule has 0 fully saturated rings. The molecule has 0 bridgehead atoms. The predicted octanol–water partition coefficient (Wildman–Crippen LogP) is 0.152. The summed E-state index contributed by atoms with van der Waals surface area (Å²) in [5.41, 5.74) is -1.50. The number of carboxylic acid groups (broad SMARTS) is 1. The number of aliphatic hydroxyl groups is 1. The Kier molecular flexibility index (Phi) is 1.29. The van der Waals surface area contributed by atoms with Crippen molar-refractivity contribution < 1.29 is 15.0 Å². The highest BCUT2D eigenvalue weighted by Gasteiger charge is 2.35. The molecule has 0 unspecified atom stereocenters. The SMILES string of the molecule is O=C(O)C1(O)CC=CC1. The van der Waals surface area contributed by atoms with E-state index in [0.717, 1.165) is 0 Å². The molecule has 1 aliphatic carbocycles. The van der Waals surface area contributed by atoms with Crippen molar-refractivity contribution in [1.29, 1.82) is 0 Å². The van der Waals surface area contributed by atoms with Gasteiger partial charge in [-0.2, -0.15) is 0 Å². The first kappa shape index (κ1) is 6.29. The van der Waals surface area contributed by atoms with E-state index in [4.69, 9.17) is 10.2 Å². The summed E-state index contributed by atoms with van der Waals surface area (Å²) in [4.78, 5) is 10.2. The zero-order chi connectivity index (χ0) is 6.91. The molecular weight excluding hydrogens is 120 g/mol. The van der Waals surface area contributed by atoms with Gasteiger partial charge in [0, 0.05) is 12.8 Å². The van der Waals surface area contributed by atoms with Crippen molar-refractivity contribution in [2.45, 2.75) is 18.4 Å². The summed E-state index contributed by atoms with van der Waals surface area (Å²) in [7, 11) is 0. The maximum atomic E-state index is 10.2. The fraction of sp³-hybridized carbons (Fsp3) is 0.500. The smallest absolute Gasteiger partial charge is 0.336 e. The van der Waals surface area contributed by atoms with Gasteiger partial charge in [-0.25, -0.2) is 4.79 Å². The largest absolute Gasteiger partial charge is 0.479 e. The van der Waals surface area contributed by atoms with Crippen LogP contribution in [0.1, 0.15) is 12.8 Å². The maximum Gasteiger partial charge on any atom is 0.336 e. The Hall–Kier alpha value is -0.830. The highest BCUT2D eigenvalue weighted by Crippen LogP contribution is 2.22. The highest BCUT2D eigenvalue weighted by molar-refractivity contribution is 5.78. The second-order valence-corrected chi connectivity index (χ2v) is 2.22. The molecule has 1 aliphatic rings. The molecule has 0 aliphatic heterocycles. The molecule has 2 N–H and O–H groups in total. The molecule has 3 heteroatoms. The summed E-state index contributed by atoms with van der Waals surface area (Å²) in [6.07, 6.45) is 3.83. The lowest BCUT2D eigenvalue weighted by atomic mass is 10.0. The van der Waals surface area contributed by atoms with Crippen molar-refractivity contribution in [3.8, 4) is 0 Å². The van der Waals surface area contributed by atoms with E-state index in [2.05, 4.69) is 0 Å². The van der Waals surface area contributed by atoms with Gasteiger partial charge in [0.15, 0.2) is 5.60 Å². The fourth-order valence-corrected chi connectivity index (χ4v) is 0.815. The minimum Gasteiger partial charge on any atom is -0.479 e. The highest BCUT2D eigenvalue weighted by atomic mass is 16.4. The van der Waals surface area contributed by atoms with E-state index >= 15 is 0 Å². The monoisotopic (exact) mass is 128 g/mol. The molecule has 0 heterocycles. The van der Waals surface area contributed by atoms with Gasteiger partial charge in [0.25, 0.3) is 0 Å². The summed E-state index contributed by atoms with van der Waals surface area (Å²) < 4.78 is 0. The Labute approximate surface area is 52.6 Å². The minimum absolute atomic E-state index is 0.238. The molecule has 3 nitrogen and oxygen atoms in total. The zero-order valence-electron chi connectivity index (χ0n) is 4.87. The van der Waals surface area contributed by atoms with Crippen LogP contribution in [-0.2, 0) is 4.79 Å². The second kappa shape index (κ2) is 1.84. The van der Waals surface area contributed by atoms with E-state index in [0.29, 0.717) is 0 Å². The number of carbonyl (C=O) groups is 1.